The average molecular weight is 471 g/mol. The van der Waals surface area contributed by atoms with Crippen LogP contribution in [0.5, 0.6) is 0 Å². The smallest absolute Gasteiger partial charge is 0.398 e. The number of carbonyl (C=O) groups excluding carboxylic acids is 2. The van der Waals surface area contributed by atoms with Gasteiger partial charge in [-0.1, -0.05) is 30.0 Å². The fourth-order valence-corrected chi connectivity index (χ4v) is 4.69. The van der Waals surface area contributed by atoms with Crippen molar-refractivity contribution in [1.82, 2.24) is 10.2 Å². The molecule has 1 heterocycles. The number of likely N-dealkylation sites (tertiary alicyclic amines) is 1. The number of nitrogen functional groups attached to an aromatic ring is 1. The van der Waals surface area contributed by atoms with Gasteiger partial charge in [-0.15, -0.1) is 0 Å². The second-order valence-electron chi connectivity index (χ2n) is 8.95. The Bertz CT molecular complexity index is 1230. The molecule has 9 heteroatoms. The fourth-order valence-electron chi connectivity index (χ4n) is 4.69. The van der Waals surface area contributed by atoms with E-state index in [0.29, 0.717) is 25.3 Å². The van der Waals surface area contributed by atoms with Gasteiger partial charge >= 0.3 is 6.18 Å². The summed E-state index contributed by atoms with van der Waals surface area (Å²) in [5.41, 5.74) is 5.43. The van der Waals surface area contributed by atoms with Gasteiger partial charge in [0.25, 0.3) is 5.91 Å². The SMILES string of the molecule is Nc1ccccc1C(=O)N1[C@@H](C(=O)N[C@@H](c2ccc(C(F)(F)F)cc2F)C2CC2)C[C@H]2C#C[C@H]21. The van der Waals surface area contributed by atoms with Crippen LogP contribution in [0.3, 0.4) is 0 Å². The Morgan fingerprint density at radius 2 is 1.85 bits per heavy atom. The summed E-state index contributed by atoms with van der Waals surface area (Å²) in [5, 5.41) is 2.82. The van der Waals surface area contributed by atoms with Crippen LogP contribution in [0.25, 0.3) is 0 Å². The first-order valence-electron chi connectivity index (χ1n) is 11.0. The quantitative estimate of drug-likeness (QED) is 0.395. The molecule has 1 saturated heterocycles. The third-order valence-corrected chi connectivity index (χ3v) is 6.69. The third kappa shape index (κ3) is 3.87. The van der Waals surface area contributed by atoms with E-state index in [0.717, 1.165) is 12.1 Å². The Labute approximate surface area is 193 Å². The van der Waals surface area contributed by atoms with Crippen molar-refractivity contribution in [3.05, 3.63) is 65.0 Å². The lowest BCUT2D eigenvalue weighted by Crippen LogP contribution is -2.50. The number of nitrogens with one attached hydrogen (secondary N) is 1. The Balaban J connectivity index is 1.40. The maximum absolute atomic E-state index is 14.7. The summed E-state index contributed by atoms with van der Waals surface area (Å²) < 4.78 is 53.6. The molecule has 2 aliphatic carbocycles. The molecule has 3 aliphatic rings. The van der Waals surface area contributed by atoms with Gasteiger partial charge in [0.2, 0.25) is 5.91 Å². The van der Waals surface area contributed by atoms with E-state index in [1.54, 1.807) is 24.3 Å². The van der Waals surface area contributed by atoms with Crippen molar-refractivity contribution in [2.24, 2.45) is 11.8 Å². The van der Waals surface area contributed by atoms with Crippen LogP contribution < -0.4 is 11.1 Å². The van der Waals surface area contributed by atoms with E-state index in [-0.39, 0.29) is 28.7 Å². The Hall–Kier alpha value is -3.54. The van der Waals surface area contributed by atoms with E-state index in [4.69, 9.17) is 5.73 Å². The molecule has 0 spiro atoms. The number of para-hydroxylation sites is 1. The molecule has 2 amide bonds. The van der Waals surface area contributed by atoms with Crippen LogP contribution in [0.1, 0.15) is 46.8 Å². The van der Waals surface area contributed by atoms with Gasteiger partial charge in [-0.2, -0.15) is 13.2 Å². The summed E-state index contributed by atoms with van der Waals surface area (Å²) in [5.74, 6) is 3.75. The van der Waals surface area contributed by atoms with Crippen LogP contribution in [-0.4, -0.2) is 28.8 Å². The van der Waals surface area contributed by atoms with Gasteiger partial charge in [0, 0.05) is 11.3 Å². The lowest BCUT2D eigenvalue weighted by molar-refractivity contribution is -0.137. The number of alkyl halides is 3. The van der Waals surface area contributed by atoms with Crippen LogP contribution in [0.2, 0.25) is 0 Å². The Morgan fingerprint density at radius 3 is 2.44 bits per heavy atom. The number of benzene rings is 2. The van der Waals surface area contributed by atoms with Gasteiger partial charge in [0.05, 0.1) is 23.1 Å². The van der Waals surface area contributed by atoms with Crippen molar-refractivity contribution in [3.8, 4) is 11.8 Å². The predicted octanol–water partition coefficient (Wildman–Crippen LogP) is 3.91. The minimum Gasteiger partial charge on any atom is -0.398 e. The molecule has 0 radical (unpaired) electrons. The van der Waals surface area contributed by atoms with E-state index in [9.17, 15) is 27.2 Å². The van der Waals surface area contributed by atoms with E-state index in [1.165, 1.54) is 4.90 Å². The standard InChI is InChI=1S/C25H21F4N3O2/c26-18-12-15(25(27,28)29)8-9-16(18)22(13-5-6-13)31-23(33)21-11-14-7-10-20(14)32(21)24(34)17-3-1-2-4-19(17)30/h1-4,8-9,12-14,20-22H,5-6,11,30H2,(H,31,33)/t14-,20-,21-,22-/m1/s1. The normalized spacial score (nSPS) is 23.9. The molecule has 2 aromatic carbocycles. The number of hydrogen-bond donors (Lipinski definition) is 2. The minimum atomic E-state index is -4.67. The first-order chi connectivity index (χ1) is 16.1. The van der Waals surface area contributed by atoms with Crippen molar-refractivity contribution in [2.75, 3.05) is 5.73 Å². The lowest BCUT2D eigenvalue weighted by Gasteiger charge is -2.31. The molecule has 0 aromatic heterocycles. The molecule has 34 heavy (non-hydrogen) atoms. The zero-order chi connectivity index (χ0) is 24.2. The summed E-state index contributed by atoms with van der Waals surface area (Å²) >= 11 is 0. The maximum atomic E-state index is 14.7. The van der Waals surface area contributed by atoms with E-state index >= 15 is 0 Å². The van der Waals surface area contributed by atoms with E-state index < -0.39 is 47.5 Å². The third-order valence-electron chi connectivity index (χ3n) is 6.69. The van der Waals surface area contributed by atoms with Gasteiger partial charge in [-0.3, -0.25) is 9.59 Å². The molecule has 2 aromatic rings. The fraction of sp³-hybridized carbons (Fsp3) is 0.360. The Kier molecular flexibility index (Phi) is 5.27. The van der Waals surface area contributed by atoms with Gasteiger partial charge in [-0.05, 0) is 49.4 Å². The number of nitrogens with zero attached hydrogens (tertiary/aromatic N) is 1. The van der Waals surface area contributed by atoms with Crippen molar-refractivity contribution >= 4 is 17.5 Å². The molecule has 4 atom stereocenters. The second-order valence-corrected chi connectivity index (χ2v) is 8.95. The molecular weight excluding hydrogens is 450 g/mol. The molecule has 2 fully saturated rings. The van der Waals surface area contributed by atoms with Gasteiger partial charge in [0.1, 0.15) is 17.9 Å². The first-order valence-corrected chi connectivity index (χ1v) is 11.0. The highest BCUT2D eigenvalue weighted by molar-refractivity contribution is 6.02. The second kappa shape index (κ2) is 8.05. The van der Waals surface area contributed by atoms with Crippen LogP contribution >= 0.6 is 0 Å². The number of rotatable bonds is 5. The molecule has 5 rings (SSSR count). The monoisotopic (exact) mass is 471 g/mol. The molecular formula is C25H21F4N3O2. The number of amides is 2. The number of hydrogen-bond acceptors (Lipinski definition) is 3. The molecule has 3 N–H and O–H groups in total. The number of carbonyl (C=O) groups is 2. The minimum absolute atomic E-state index is 0.00579. The van der Waals surface area contributed by atoms with Crippen LogP contribution in [-0.2, 0) is 11.0 Å². The van der Waals surface area contributed by atoms with Crippen molar-refractivity contribution in [3.63, 3.8) is 0 Å². The zero-order valence-electron chi connectivity index (χ0n) is 17.9. The van der Waals surface area contributed by atoms with Gasteiger partial charge in [-0.25, -0.2) is 4.39 Å². The van der Waals surface area contributed by atoms with Gasteiger partial charge < -0.3 is 16.0 Å². The average Bonchev–Trinajstić information content (AvgIpc) is 3.57. The highest BCUT2D eigenvalue weighted by Gasteiger charge is 2.50. The maximum Gasteiger partial charge on any atom is 0.416 e. The molecule has 0 bridgehead atoms. The number of halogens is 4. The zero-order valence-corrected chi connectivity index (χ0v) is 17.9. The van der Waals surface area contributed by atoms with Crippen molar-refractivity contribution in [1.29, 1.82) is 0 Å². The molecule has 1 aliphatic heterocycles. The van der Waals surface area contributed by atoms with Crippen LogP contribution in [0.15, 0.2) is 42.5 Å². The first kappa shape index (κ1) is 22.3. The number of fused-ring (bicyclic) bond motifs is 1. The predicted molar refractivity (Wildman–Crippen MR) is 115 cm³/mol. The van der Waals surface area contributed by atoms with E-state index in [2.05, 4.69) is 17.2 Å². The van der Waals surface area contributed by atoms with Crippen LogP contribution in [0, 0.1) is 29.5 Å². The summed E-state index contributed by atoms with van der Waals surface area (Å²) in [6.45, 7) is 0. The number of anilines is 1. The molecule has 1 saturated carbocycles. The van der Waals surface area contributed by atoms with Crippen molar-refractivity contribution in [2.45, 2.75) is 43.6 Å². The molecule has 0 unspecified atom stereocenters. The molecule has 176 valence electrons. The summed E-state index contributed by atoms with van der Waals surface area (Å²) in [4.78, 5) is 28.1. The Morgan fingerprint density at radius 1 is 1.12 bits per heavy atom. The summed E-state index contributed by atoms with van der Waals surface area (Å²) in [6, 6.07) is 6.85. The highest BCUT2D eigenvalue weighted by Crippen LogP contribution is 2.43. The largest absolute Gasteiger partial charge is 0.416 e. The topological polar surface area (TPSA) is 75.4 Å². The van der Waals surface area contributed by atoms with E-state index in [1.807, 2.05) is 0 Å². The molecule has 5 nitrogen and oxygen atoms in total. The number of nitrogens with two attached hydrogens (primary N) is 1. The van der Waals surface area contributed by atoms with Crippen molar-refractivity contribution < 1.29 is 27.2 Å². The van der Waals surface area contributed by atoms with Gasteiger partial charge in [0.15, 0.2) is 0 Å². The lowest BCUT2D eigenvalue weighted by atomic mass is 9.92. The summed E-state index contributed by atoms with van der Waals surface area (Å²) in [7, 11) is 0. The van der Waals surface area contributed by atoms with Crippen LogP contribution in [0.4, 0.5) is 23.2 Å². The highest BCUT2D eigenvalue weighted by atomic mass is 19.4. The summed E-state index contributed by atoms with van der Waals surface area (Å²) in [6.07, 6.45) is -2.91.